The second-order valence-corrected chi connectivity index (χ2v) is 7.86. The predicted molar refractivity (Wildman–Crippen MR) is 105 cm³/mol. The summed E-state index contributed by atoms with van der Waals surface area (Å²) in [5, 5.41) is 2.86. The highest BCUT2D eigenvalue weighted by Crippen LogP contribution is 2.35. The summed E-state index contributed by atoms with van der Waals surface area (Å²) in [4.78, 5) is 35.8. The van der Waals surface area contributed by atoms with Crippen LogP contribution in [0.15, 0.2) is 47.4 Å². The Kier molecular flexibility index (Phi) is 3.89. The number of nitrogens with one attached hydrogen (secondary N) is 2. The maximum Gasteiger partial charge on any atom is 0.254 e. The number of aromatic amines is 1. The fourth-order valence-electron chi connectivity index (χ4n) is 3.81. The summed E-state index contributed by atoms with van der Waals surface area (Å²) in [5.41, 5.74) is 3.22. The molecule has 2 N–H and O–H groups in total. The number of para-hydroxylation sites is 2. The van der Waals surface area contributed by atoms with Crippen molar-refractivity contribution in [3.63, 3.8) is 0 Å². The van der Waals surface area contributed by atoms with E-state index >= 15 is 0 Å². The summed E-state index contributed by atoms with van der Waals surface area (Å²) in [6, 6.07) is 13.4. The molecular formula is C20H18N4O2S. The van der Waals surface area contributed by atoms with Gasteiger partial charge in [-0.3, -0.25) is 9.59 Å². The summed E-state index contributed by atoms with van der Waals surface area (Å²) in [7, 11) is 0. The molecule has 3 heterocycles. The van der Waals surface area contributed by atoms with Crippen LogP contribution >= 0.6 is 11.8 Å². The van der Waals surface area contributed by atoms with Crippen molar-refractivity contribution >= 4 is 40.3 Å². The molecule has 1 atom stereocenters. The highest BCUT2D eigenvalue weighted by molar-refractivity contribution is 8.00. The number of nitrogens with zero attached hydrogens (tertiary/aromatic N) is 2. The SMILES string of the molecule is O=C1CSc2ccc(C(=O)N3CCC[C@@H]3c3nc4ccccc4[nH]3)cc2N1. The third-order valence-electron chi connectivity index (χ3n) is 5.10. The van der Waals surface area contributed by atoms with Gasteiger partial charge in [-0.25, -0.2) is 4.98 Å². The van der Waals surface area contributed by atoms with Crippen LogP contribution in [-0.4, -0.2) is 39.0 Å². The molecule has 0 radical (unpaired) electrons. The van der Waals surface area contributed by atoms with Crippen LogP contribution < -0.4 is 5.32 Å². The molecule has 6 nitrogen and oxygen atoms in total. The highest BCUT2D eigenvalue weighted by Gasteiger charge is 2.33. The number of imidazole rings is 1. The Morgan fingerprint density at radius 2 is 2.11 bits per heavy atom. The molecule has 1 aromatic heterocycles. The molecule has 2 aromatic carbocycles. The lowest BCUT2D eigenvalue weighted by Gasteiger charge is -2.24. The van der Waals surface area contributed by atoms with Gasteiger partial charge >= 0.3 is 0 Å². The number of hydrogen-bond donors (Lipinski definition) is 2. The number of carbonyl (C=O) groups is 2. The van der Waals surface area contributed by atoms with E-state index in [1.54, 1.807) is 6.07 Å². The van der Waals surface area contributed by atoms with Crippen LogP contribution in [0.1, 0.15) is 35.1 Å². The quantitative estimate of drug-likeness (QED) is 0.714. The molecule has 27 heavy (non-hydrogen) atoms. The Hall–Kier alpha value is -2.80. The number of rotatable bonds is 2. The van der Waals surface area contributed by atoms with Crippen molar-refractivity contribution in [3.8, 4) is 0 Å². The van der Waals surface area contributed by atoms with E-state index in [-0.39, 0.29) is 17.9 Å². The lowest BCUT2D eigenvalue weighted by Crippen LogP contribution is -2.31. The summed E-state index contributed by atoms with van der Waals surface area (Å²) in [6.07, 6.45) is 1.84. The van der Waals surface area contributed by atoms with Gasteiger partial charge in [0.15, 0.2) is 0 Å². The number of hydrogen-bond acceptors (Lipinski definition) is 4. The van der Waals surface area contributed by atoms with E-state index in [1.165, 1.54) is 11.8 Å². The van der Waals surface area contributed by atoms with Crippen molar-refractivity contribution in [1.29, 1.82) is 0 Å². The van der Waals surface area contributed by atoms with Crippen molar-refractivity contribution < 1.29 is 9.59 Å². The number of H-pyrrole nitrogens is 1. The number of likely N-dealkylation sites (tertiary alicyclic amines) is 1. The molecule has 0 aliphatic carbocycles. The maximum absolute atomic E-state index is 13.2. The van der Waals surface area contributed by atoms with E-state index in [4.69, 9.17) is 4.98 Å². The topological polar surface area (TPSA) is 78.1 Å². The molecule has 0 spiro atoms. The van der Waals surface area contributed by atoms with Gasteiger partial charge in [0.25, 0.3) is 5.91 Å². The lowest BCUT2D eigenvalue weighted by atomic mass is 10.1. The van der Waals surface area contributed by atoms with Crippen molar-refractivity contribution in [2.45, 2.75) is 23.8 Å². The minimum atomic E-state index is -0.0510. The van der Waals surface area contributed by atoms with Gasteiger partial charge in [0.2, 0.25) is 5.91 Å². The largest absolute Gasteiger partial charge is 0.340 e. The van der Waals surface area contributed by atoms with Crippen molar-refractivity contribution in [2.75, 3.05) is 17.6 Å². The minimum absolute atomic E-state index is 0.0226. The molecule has 0 saturated carbocycles. The van der Waals surface area contributed by atoms with Crippen LogP contribution in [0.3, 0.4) is 0 Å². The van der Waals surface area contributed by atoms with E-state index in [0.717, 1.165) is 40.3 Å². The second kappa shape index (κ2) is 6.42. The van der Waals surface area contributed by atoms with Gasteiger partial charge in [-0.2, -0.15) is 0 Å². The molecule has 7 heteroatoms. The standard InChI is InChI=1S/C20H18N4O2S/c25-18-11-27-17-8-7-12(10-15(17)21-18)20(26)24-9-3-6-16(24)19-22-13-4-1-2-5-14(13)23-19/h1-2,4-5,7-8,10,16H,3,6,9,11H2,(H,21,25)(H,22,23)/t16-/m1/s1. The number of fused-ring (bicyclic) bond motifs is 2. The predicted octanol–water partition coefficient (Wildman–Crippen LogP) is 3.58. The summed E-state index contributed by atoms with van der Waals surface area (Å²) >= 11 is 1.50. The first kappa shape index (κ1) is 16.4. The van der Waals surface area contributed by atoms with Gasteiger partial charge in [0.1, 0.15) is 5.82 Å². The van der Waals surface area contributed by atoms with Crippen LogP contribution in [0.5, 0.6) is 0 Å². The minimum Gasteiger partial charge on any atom is -0.340 e. The number of aromatic nitrogens is 2. The molecule has 5 rings (SSSR count). The van der Waals surface area contributed by atoms with E-state index in [0.29, 0.717) is 17.9 Å². The van der Waals surface area contributed by atoms with E-state index in [1.807, 2.05) is 41.3 Å². The second-order valence-electron chi connectivity index (χ2n) is 6.84. The van der Waals surface area contributed by atoms with Gasteiger partial charge in [0, 0.05) is 17.0 Å². The molecule has 1 fully saturated rings. The third kappa shape index (κ3) is 2.88. The van der Waals surface area contributed by atoms with Crippen LogP contribution in [0.4, 0.5) is 5.69 Å². The number of thioether (sulfide) groups is 1. The van der Waals surface area contributed by atoms with Crippen LogP contribution in [0.25, 0.3) is 11.0 Å². The summed E-state index contributed by atoms with van der Waals surface area (Å²) in [5.74, 6) is 1.20. The van der Waals surface area contributed by atoms with Crippen molar-refractivity contribution in [2.24, 2.45) is 0 Å². The maximum atomic E-state index is 13.2. The van der Waals surface area contributed by atoms with Gasteiger partial charge in [-0.05, 0) is 43.2 Å². The highest BCUT2D eigenvalue weighted by atomic mass is 32.2. The van der Waals surface area contributed by atoms with Crippen LogP contribution in [0.2, 0.25) is 0 Å². The zero-order valence-corrected chi connectivity index (χ0v) is 15.4. The van der Waals surface area contributed by atoms with Gasteiger partial charge in [-0.15, -0.1) is 11.8 Å². The molecular weight excluding hydrogens is 360 g/mol. The zero-order valence-electron chi connectivity index (χ0n) is 14.6. The fourth-order valence-corrected chi connectivity index (χ4v) is 4.59. The third-order valence-corrected chi connectivity index (χ3v) is 6.17. The molecule has 0 bridgehead atoms. The first-order valence-corrected chi connectivity index (χ1v) is 10.00. The molecule has 2 amide bonds. The first-order valence-electron chi connectivity index (χ1n) is 9.01. The molecule has 1 saturated heterocycles. The molecule has 0 unspecified atom stereocenters. The van der Waals surface area contributed by atoms with Gasteiger partial charge in [0.05, 0.1) is 28.5 Å². The smallest absolute Gasteiger partial charge is 0.254 e. The first-order chi connectivity index (χ1) is 13.2. The fraction of sp³-hybridized carbons (Fsp3) is 0.250. The van der Waals surface area contributed by atoms with Gasteiger partial charge in [-0.1, -0.05) is 12.1 Å². The molecule has 3 aromatic rings. The number of amides is 2. The Labute approximate surface area is 160 Å². The van der Waals surface area contributed by atoms with Crippen molar-refractivity contribution in [1.82, 2.24) is 14.9 Å². The number of anilines is 1. The Morgan fingerprint density at radius 3 is 3.00 bits per heavy atom. The monoisotopic (exact) mass is 378 g/mol. The average Bonchev–Trinajstić information content (AvgIpc) is 3.33. The van der Waals surface area contributed by atoms with Gasteiger partial charge < -0.3 is 15.2 Å². The van der Waals surface area contributed by atoms with Crippen molar-refractivity contribution in [3.05, 3.63) is 53.9 Å². The normalized spacial score (nSPS) is 19.2. The van der Waals surface area contributed by atoms with Crippen LogP contribution in [0, 0.1) is 0 Å². The summed E-state index contributed by atoms with van der Waals surface area (Å²) < 4.78 is 0. The Balaban J connectivity index is 1.45. The summed E-state index contributed by atoms with van der Waals surface area (Å²) in [6.45, 7) is 0.707. The zero-order chi connectivity index (χ0) is 18.4. The van der Waals surface area contributed by atoms with Crippen LogP contribution in [-0.2, 0) is 4.79 Å². The Morgan fingerprint density at radius 1 is 1.22 bits per heavy atom. The van der Waals surface area contributed by atoms with E-state index < -0.39 is 0 Å². The van der Waals surface area contributed by atoms with E-state index in [2.05, 4.69) is 10.3 Å². The molecule has 2 aliphatic heterocycles. The number of benzene rings is 2. The molecule has 2 aliphatic rings. The Bertz CT molecular complexity index is 1030. The average molecular weight is 378 g/mol. The number of carbonyl (C=O) groups excluding carboxylic acids is 2. The van der Waals surface area contributed by atoms with E-state index in [9.17, 15) is 9.59 Å². The molecule has 136 valence electrons. The lowest BCUT2D eigenvalue weighted by molar-refractivity contribution is -0.113.